The molecule has 0 unspecified atom stereocenters. The van der Waals surface area contributed by atoms with Crippen LogP contribution in [0.25, 0.3) is 0 Å². The zero-order valence-corrected chi connectivity index (χ0v) is 17.9. The summed E-state index contributed by atoms with van der Waals surface area (Å²) in [6.07, 6.45) is 0. The molecule has 29 heavy (non-hydrogen) atoms. The second-order valence-corrected chi connectivity index (χ2v) is 9.64. The summed E-state index contributed by atoms with van der Waals surface area (Å²) in [5, 5.41) is 0. The average Bonchev–Trinajstić information content (AvgIpc) is 2.97. The van der Waals surface area contributed by atoms with Gasteiger partial charge in [-0.25, -0.2) is 8.42 Å². The summed E-state index contributed by atoms with van der Waals surface area (Å²) >= 11 is 0. The van der Waals surface area contributed by atoms with Crippen LogP contribution in [-0.4, -0.2) is 62.0 Å². The number of nitrogens with one attached hydrogen (secondary N) is 2. The molecule has 0 bridgehead atoms. The Balaban J connectivity index is 1.59. The number of hydrogen-bond donors (Lipinski definition) is 2. The monoisotopic (exact) mass is 418 g/mol. The molecule has 0 atom stereocenters. The van der Waals surface area contributed by atoms with E-state index in [4.69, 9.17) is 0 Å². The van der Waals surface area contributed by atoms with Crippen molar-refractivity contribution in [2.24, 2.45) is 0 Å². The summed E-state index contributed by atoms with van der Waals surface area (Å²) in [5.41, 5.74) is 3.25. The maximum Gasteiger partial charge on any atom is 0.233 e. The lowest BCUT2D eigenvalue weighted by Gasteiger charge is -2.31. The lowest BCUT2D eigenvalue weighted by molar-refractivity contribution is -0.895. The first-order chi connectivity index (χ1) is 13.7. The minimum atomic E-state index is -3.37. The molecular weight excluding hydrogens is 390 g/mol. The molecule has 156 valence electrons. The second kappa shape index (κ2) is 8.61. The van der Waals surface area contributed by atoms with Crippen LogP contribution in [0.15, 0.2) is 30.3 Å². The summed E-state index contributed by atoms with van der Waals surface area (Å²) in [6, 6.07) is 9.16. The van der Waals surface area contributed by atoms with Crippen LogP contribution < -0.4 is 4.90 Å². The topological polar surface area (TPSA) is 91.8 Å². The Kier molecular flexibility index (Phi) is 6.36. The fraction of sp³-hybridized carbons (Fsp3) is 0.429. The number of piperazine rings is 1. The Labute approximate surface area is 171 Å². The van der Waals surface area contributed by atoms with Crippen LogP contribution in [0.2, 0.25) is 0 Å². The smallest absolute Gasteiger partial charge is 0.233 e. The first-order valence-electron chi connectivity index (χ1n) is 9.77. The third-order valence-corrected chi connectivity index (χ3v) is 7.34. The molecule has 1 fully saturated rings. The number of aromatic amines is 1. The number of H-pyrrole nitrogens is 1. The van der Waals surface area contributed by atoms with Crippen molar-refractivity contribution in [3.63, 3.8) is 0 Å². The minimum absolute atomic E-state index is 0.00310. The van der Waals surface area contributed by atoms with E-state index in [1.54, 1.807) is 13.8 Å². The lowest BCUT2D eigenvalue weighted by atomic mass is 10.1. The molecule has 2 aromatic rings. The molecule has 1 aromatic carbocycles. The van der Waals surface area contributed by atoms with Crippen molar-refractivity contribution < 1.29 is 22.9 Å². The van der Waals surface area contributed by atoms with E-state index in [-0.39, 0.29) is 23.9 Å². The number of aromatic nitrogens is 1. The van der Waals surface area contributed by atoms with Crippen LogP contribution in [0, 0.1) is 13.8 Å². The number of quaternary nitrogens is 1. The number of hydrogen-bond acceptors (Lipinski definition) is 4. The normalized spacial score (nSPS) is 16.1. The number of carbonyl (C=O) groups is 2. The first-order valence-corrected chi connectivity index (χ1v) is 11.4. The van der Waals surface area contributed by atoms with E-state index in [2.05, 4.69) is 4.98 Å². The van der Waals surface area contributed by atoms with Crippen LogP contribution >= 0.6 is 0 Å². The van der Waals surface area contributed by atoms with Gasteiger partial charge in [-0.1, -0.05) is 30.3 Å². The molecule has 1 aromatic heterocycles. The van der Waals surface area contributed by atoms with Crippen molar-refractivity contribution in [1.29, 1.82) is 0 Å². The van der Waals surface area contributed by atoms with Gasteiger partial charge in [-0.05, 0) is 31.9 Å². The standard InChI is InChI=1S/C21H27N3O4S/c1-15-20(17(3)25)16(2)22-21(15)19(26)13-23-9-11-24(12-10-23)29(27,28)14-18-7-5-4-6-8-18/h4-8,22H,9-14H2,1-3H3/p+1. The van der Waals surface area contributed by atoms with E-state index in [0.717, 1.165) is 10.5 Å². The van der Waals surface area contributed by atoms with Gasteiger partial charge in [-0.15, -0.1) is 0 Å². The summed E-state index contributed by atoms with van der Waals surface area (Å²) in [7, 11) is -3.37. The van der Waals surface area contributed by atoms with Crippen LogP contribution in [-0.2, 0) is 15.8 Å². The third-order valence-electron chi connectivity index (χ3n) is 5.49. The highest BCUT2D eigenvalue weighted by Crippen LogP contribution is 2.18. The maximum absolute atomic E-state index is 12.7. The number of rotatable bonds is 7. The number of aryl methyl sites for hydroxylation is 1. The van der Waals surface area contributed by atoms with Gasteiger partial charge in [-0.3, -0.25) is 9.59 Å². The predicted molar refractivity (Wildman–Crippen MR) is 111 cm³/mol. The molecule has 1 saturated heterocycles. The number of benzene rings is 1. The van der Waals surface area contributed by atoms with Gasteiger partial charge < -0.3 is 9.88 Å². The Morgan fingerprint density at radius 1 is 1.10 bits per heavy atom. The van der Waals surface area contributed by atoms with E-state index < -0.39 is 10.0 Å². The Bertz CT molecular complexity index is 1000. The zero-order valence-electron chi connectivity index (χ0n) is 17.1. The van der Waals surface area contributed by atoms with Gasteiger partial charge in [0.1, 0.15) is 6.54 Å². The van der Waals surface area contributed by atoms with Gasteiger partial charge in [0.25, 0.3) is 0 Å². The summed E-state index contributed by atoms with van der Waals surface area (Å²) in [5.74, 6) is -0.106. The largest absolute Gasteiger partial charge is 0.355 e. The molecule has 1 aliphatic heterocycles. The van der Waals surface area contributed by atoms with Gasteiger partial charge in [0, 0.05) is 11.3 Å². The van der Waals surface area contributed by atoms with Gasteiger partial charge in [0.2, 0.25) is 15.8 Å². The number of Topliss-reactive ketones (excluding diaryl/α,β-unsaturated/α-hetero) is 2. The third kappa shape index (κ3) is 4.83. The van der Waals surface area contributed by atoms with Crippen molar-refractivity contribution in [2.45, 2.75) is 26.5 Å². The highest BCUT2D eigenvalue weighted by molar-refractivity contribution is 7.88. The molecule has 0 amide bonds. The van der Waals surface area contributed by atoms with Crippen LogP contribution in [0.1, 0.15) is 44.6 Å². The average molecular weight is 419 g/mol. The molecule has 2 N–H and O–H groups in total. The zero-order chi connectivity index (χ0) is 21.2. The summed E-state index contributed by atoms with van der Waals surface area (Å²) < 4.78 is 26.9. The lowest BCUT2D eigenvalue weighted by Crippen LogP contribution is -3.15. The second-order valence-electron chi connectivity index (χ2n) is 7.67. The molecule has 0 radical (unpaired) electrons. The van der Waals surface area contributed by atoms with E-state index in [0.29, 0.717) is 48.7 Å². The SMILES string of the molecule is CC(=O)c1c(C)[nH]c(C(=O)C[NH+]2CCN(S(=O)(=O)Cc3ccccc3)CC2)c1C. The maximum atomic E-state index is 12.7. The Morgan fingerprint density at radius 2 is 1.72 bits per heavy atom. The van der Waals surface area contributed by atoms with E-state index in [9.17, 15) is 18.0 Å². The van der Waals surface area contributed by atoms with E-state index >= 15 is 0 Å². The number of ketones is 2. The van der Waals surface area contributed by atoms with Crippen molar-refractivity contribution in [2.75, 3.05) is 32.7 Å². The number of sulfonamides is 1. The van der Waals surface area contributed by atoms with E-state index in [1.165, 1.54) is 11.2 Å². The van der Waals surface area contributed by atoms with Crippen LogP contribution in [0.5, 0.6) is 0 Å². The number of nitrogens with zero attached hydrogens (tertiary/aromatic N) is 1. The highest BCUT2D eigenvalue weighted by atomic mass is 32.2. The quantitative estimate of drug-likeness (QED) is 0.649. The van der Waals surface area contributed by atoms with Crippen molar-refractivity contribution in [3.8, 4) is 0 Å². The molecule has 2 heterocycles. The van der Waals surface area contributed by atoms with Crippen LogP contribution in [0.4, 0.5) is 0 Å². The summed E-state index contributed by atoms with van der Waals surface area (Å²) in [4.78, 5) is 28.6. The first kappa shape index (κ1) is 21.4. The fourth-order valence-corrected chi connectivity index (χ4v) is 5.54. The molecule has 1 aliphatic rings. The predicted octanol–water partition coefficient (Wildman–Crippen LogP) is 0.747. The molecule has 0 saturated carbocycles. The Hall–Kier alpha value is -2.29. The molecule has 8 heteroatoms. The molecule has 3 rings (SSSR count). The van der Waals surface area contributed by atoms with Gasteiger partial charge >= 0.3 is 0 Å². The van der Waals surface area contributed by atoms with Crippen LogP contribution in [0.3, 0.4) is 0 Å². The molecule has 0 spiro atoms. The van der Waals surface area contributed by atoms with Crippen molar-refractivity contribution in [3.05, 3.63) is 58.4 Å². The number of carbonyl (C=O) groups excluding carboxylic acids is 2. The highest BCUT2D eigenvalue weighted by Gasteiger charge is 2.31. The molecule has 7 nitrogen and oxygen atoms in total. The fourth-order valence-electron chi connectivity index (χ4n) is 4.01. The Morgan fingerprint density at radius 3 is 2.28 bits per heavy atom. The van der Waals surface area contributed by atoms with Gasteiger partial charge in [0.05, 0.1) is 37.6 Å². The minimum Gasteiger partial charge on any atom is -0.355 e. The van der Waals surface area contributed by atoms with Gasteiger partial charge in [0.15, 0.2) is 5.78 Å². The molecular formula is C21H28N3O4S+. The summed E-state index contributed by atoms with van der Waals surface area (Å²) in [6.45, 7) is 7.33. The van der Waals surface area contributed by atoms with Crippen molar-refractivity contribution >= 4 is 21.6 Å². The molecule has 0 aliphatic carbocycles. The van der Waals surface area contributed by atoms with Gasteiger partial charge in [-0.2, -0.15) is 4.31 Å². The van der Waals surface area contributed by atoms with Crippen molar-refractivity contribution in [1.82, 2.24) is 9.29 Å². The van der Waals surface area contributed by atoms with E-state index in [1.807, 2.05) is 30.3 Å².